The first kappa shape index (κ1) is 8.76. The average Bonchev–Trinajstić information content (AvgIpc) is 2.14. The highest BCUT2D eigenvalue weighted by atomic mass is 19.1. The van der Waals surface area contributed by atoms with Gasteiger partial charge in [-0.1, -0.05) is 6.08 Å². The van der Waals surface area contributed by atoms with Gasteiger partial charge in [0, 0.05) is 0 Å². The summed E-state index contributed by atoms with van der Waals surface area (Å²) in [6, 6.07) is -1.10. The van der Waals surface area contributed by atoms with Gasteiger partial charge < -0.3 is 0 Å². The van der Waals surface area contributed by atoms with E-state index >= 15 is 0 Å². The zero-order valence-electron chi connectivity index (χ0n) is 6.85. The molecule has 0 saturated heterocycles. The van der Waals surface area contributed by atoms with Crippen LogP contribution in [0, 0.1) is 5.92 Å². The second-order valence-corrected chi connectivity index (χ2v) is 2.81. The lowest BCUT2D eigenvalue weighted by Gasteiger charge is -2.24. The van der Waals surface area contributed by atoms with Crippen molar-refractivity contribution in [2.24, 2.45) is 10.9 Å². The SMILES string of the molecule is O=C1N=C2C=CC=C(F)C2C(=O)N1O. The molecule has 0 aromatic heterocycles. The Morgan fingerprint density at radius 1 is 1.50 bits per heavy atom. The van der Waals surface area contributed by atoms with Crippen molar-refractivity contribution in [3.63, 3.8) is 0 Å². The van der Waals surface area contributed by atoms with Crippen molar-refractivity contribution >= 4 is 17.6 Å². The fourth-order valence-corrected chi connectivity index (χ4v) is 1.29. The van der Waals surface area contributed by atoms with Crippen LogP contribution < -0.4 is 0 Å². The van der Waals surface area contributed by atoms with Crippen molar-refractivity contribution in [2.45, 2.75) is 0 Å². The van der Waals surface area contributed by atoms with Crippen molar-refractivity contribution in [3.8, 4) is 0 Å². The first-order valence-corrected chi connectivity index (χ1v) is 3.80. The van der Waals surface area contributed by atoms with Crippen LogP contribution in [0.3, 0.4) is 0 Å². The number of urea groups is 1. The molecule has 1 atom stereocenters. The Hall–Kier alpha value is -1.82. The predicted octanol–water partition coefficient (Wildman–Crippen LogP) is 0.818. The molecule has 0 saturated carbocycles. The summed E-state index contributed by atoms with van der Waals surface area (Å²) in [5.41, 5.74) is 0.0188. The van der Waals surface area contributed by atoms with E-state index in [1.807, 2.05) is 0 Å². The van der Waals surface area contributed by atoms with Crippen LogP contribution in [0.1, 0.15) is 0 Å². The van der Waals surface area contributed by atoms with Gasteiger partial charge >= 0.3 is 6.03 Å². The van der Waals surface area contributed by atoms with E-state index in [9.17, 15) is 14.0 Å². The molecule has 0 fully saturated rings. The Morgan fingerprint density at radius 2 is 2.21 bits per heavy atom. The van der Waals surface area contributed by atoms with Gasteiger partial charge in [-0.2, -0.15) is 4.99 Å². The van der Waals surface area contributed by atoms with Gasteiger partial charge in [-0.3, -0.25) is 10.0 Å². The van der Waals surface area contributed by atoms with E-state index in [4.69, 9.17) is 5.21 Å². The molecule has 1 aliphatic heterocycles. The lowest BCUT2D eigenvalue weighted by Crippen LogP contribution is -2.45. The smallest absolute Gasteiger partial charge is 0.277 e. The first-order valence-electron chi connectivity index (χ1n) is 3.80. The number of halogens is 1. The molecule has 0 aromatic rings. The van der Waals surface area contributed by atoms with Crippen LogP contribution in [0.15, 0.2) is 29.0 Å². The molecule has 1 unspecified atom stereocenters. The number of aliphatic imine (C=N–C) groups is 1. The minimum absolute atomic E-state index is 0.0188. The maximum Gasteiger partial charge on any atom is 0.374 e. The third kappa shape index (κ3) is 1.08. The summed E-state index contributed by atoms with van der Waals surface area (Å²) in [4.78, 5) is 25.4. The van der Waals surface area contributed by atoms with Gasteiger partial charge in [-0.05, 0) is 12.2 Å². The number of nitrogens with zero attached hydrogens (tertiary/aromatic N) is 2. The molecule has 6 heteroatoms. The molecule has 1 heterocycles. The second-order valence-electron chi connectivity index (χ2n) is 2.81. The Kier molecular flexibility index (Phi) is 1.78. The standard InChI is InChI=1S/C8H5FN2O3/c9-4-2-1-3-5-6(4)7(12)11(14)8(13)10-5/h1-3,6,14H. The van der Waals surface area contributed by atoms with Gasteiger partial charge in [0.15, 0.2) is 0 Å². The fraction of sp³-hybridized carbons (Fsp3) is 0.125. The van der Waals surface area contributed by atoms with Gasteiger partial charge in [0.2, 0.25) is 0 Å². The summed E-state index contributed by atoms with van der Waals surface area (Å²) < 4.78 is 13.1. The van der Waals surface area contributed by atoms with Crippen molar-refractivity contribution in [1.29, 1.82) is 0 Å². The van der Waals surface area contributed by atoms with Crippen LogP contribution in [0.2, 0.25) is 0 Å². The summed E-state index contributed by atoms with van der Waals surface area (Å²) >= 11 is 0. The minimum atomic E-state index is -1.28. The maximum atomic E-state index is 13.1. The number of amides is 3. The van der Waals surface area contributed by atoms with Crippen LogP contribution in [0.4, 0.5) is 9.18 Å². The van der Waals surface area contributed by atoms with Crippen LogP contribution in [-0.2, 0) is 4.79 Å². The summed E-state index contributed by atoms with van der Waals surface area (Å²) in [5, 5.41) is 8.73. The van der Waals surface area contributed by atoms with Gasteiger partial charge in [0.1, 0.15) is 11.7 Å². The van der Waals surface area contributed by atoms with Gasteiger partial charge in [0.25, 0.3) is 5.91 Å². The van der Waals surface area contributed by atoms with Crippen molar-refractivity contribution in [3.05, 3.63) is 24.1 Å². The molecule has 1 aliphatic carbocycles. The van der Waals surface area contributed by atoms with Gasteiger partial charge in [0.05, 0.1) is 5.71 Å². The highest BCUT2D eigenvalue weighted by Gasteiger charge is 2.39. The topological polar surface area (TPSA) is 70.0 Å². The Bertz CT molecular complexity index is 411. The summed E-state index contributed by atoms with van der Waals surface area (Å²) in [5.74, 6) is -3.02. The van der Waals surface area contributed by atoms with Crippen LogP contribution in [0.5, 0.6) is 0 Å². The Morgan fingerprint density at radius 3 is 2.93 bits per heavy atom. The predicted molar refractivity (Wildman–Crippen MR) is 43.3 cm³/mol. The van der Waals surface area contributed by atoms with Crippen LogP contribution >= 0.6 is 0 Å². The molecular weight excluding hydrogens is 191 g/mol. The van der Waals surface area contributed by atoms with Gasteiger partial charge in [-0.25, -0.2) is 9.18 Å². The molecule has 2 aliphatic rings. The van der Waals surface area contributed by atoms with Crippen LogP contribution in [-0.4, -0.2) is 27.9 Å². The number of hydrogen-bond donors (Lipinski definition) is 1. The molecule has 3 amide bonds. The minimum Gasteiger partial charge on any atom is -0.277 e. The largest absolute Gasteiger partial charge is 0.374 e. The summed E-state index contributed by atoms with van der Waals surface area (Å²) in [6.45, 7) is 0. The molecule has 0 aromatic carbocycles. The third-order valence-electron chi connectivity index (χ3n) is 1.96. The number of imide groups is 1. The normalized spacial score (nSPS) is 25.9. The highest BCUT2D eigenvalue weighted by molar-refractivity contribution is 6.21. The number of hydroxylamine groups is 2. The molecule has 2 rings (SSSR count). The van der Waals surface area contributed by atoms with E-state index in [0.29, 0.717) is 0 Å². The second kappa shape index (κ2) is 2.85. The number of hydrogen-bond acceptors (Lipinski definition) is 3. The van der Waals surface area contributed by atoms with Crippen molar-refractivity contribution < 1.29 is 19.2 Å². The molecular formula is C8H5FN2O3. The van der Waals surface area contributed by atoms with E-state index in [0.717, 1.165) is 6.08 Å². The Labute approximate surface area is 77.8 Å². The number of allylic oxidation sites excluding steroid dienone is 3. The number of rotatable bonds is 0. The lowest BCUT2D eigenvalue weighted by atomic mass is 9.95. The van der Waals surface area contributed by atoms with Crippen LogP contribution in [0.25, 0.3) is 0 Å². The Balaban J connectivity index is 2.51. The van der Waals surface area contributed by atoms with Gasteiger partial charge in [-0.15, -0.1) is 5.06 Å². The van der Waals surface area contributed by atoms with Crippen molar-refractivity contribution in [1.82, 2.24) is 5.06 Å². The number of carbonyl (C=O) groups excluding carboxylic acids is 2. The quantitative estimate of drug-likeness (QED) is 0.583. The van der Waals surface area contributed by atoms with E-state index in [-0.39, 0.29) is 10.8 Å². The van der Waals surface area contributed by atoms with Crippen molar-refractivity contribution in [2.75, 3.05) is 0 Å². The molecule has 1 N–H and O–H groups in total. The number of fused-ring (bicyclic) bond motifs is 1. The van der Waals surface area contributed by atoms with E-state index in [2.05, 4.69) is 4.99 Å². The molecule has 14 heavy (non-hydrogen) atoms. The van der Waals surface area contributed by atoms with E-state index < -0.39 is 23.7 Å². The summed E-state index contributed by atoms with van der Waals surface area (Å²) in [6.07, 6.45) is 3.79. The zero-order chi connectivity index (χ0) is 10.3. The molecule has 0 radical (unpaired) electrons. The maximum absolute atomic E-state index is 13.1. The zero-order valence-corrected chi connectivity index (χ0v) is 6.85. The number of carbonyl (C=O) groups is 2. The summed E-state index contributed by atoms with van der Waals surface area (Å²) in [7, 11) is 0. The fourth-order valence-electron chi connectivity index (χ4n) is 1.29. The van der Waals surface area contributed by atoms with E-state index in [1.54, 1.807) is 0 Å². The monoisotopic (exact) mass is 196 g/mol. The average molecular weight is 196 g/mol. The lowest BCUT2D eigenvalue weighted by molar-refractivity contribution is -0.154. The first-order chi connectivity index (χ1) is 6.61. The third-order valence-corrected chi connectivity index (χ3v) is 1.96. The highest BCUT2D eigenvalue weighted by Crippen LogP contribution is 2.25. The molecule has 0 bridgehead atoms. The van der Waals surface area contributed by atoms with E-state index in [1.165, 1.54) is 12.2 Å². The molecule has 0 spiro atoms. The molecule has 72 valence electrons. The molecule has 5 nitrogen and oxygen atoms in total.